The van der Waals surface area contributed by atoms with Crippen LogP contribution >= 0.6 is 0 Å². The zero-order chi connectivity index (χ0) is 14.5. The van der Waals surface area contributed by atoms with Gasteiger partial charge in [-0.1, -0.05) is 19.1 Å². The number of benzene rings is 1. The number of hydrogen-bond acceptors (Lipinski definition) is 3. The number of carboxylic acids is 1. The summed E-state index contributed by atoms with van der Waals surface area (Å²) in [4.78, 5) is 24.6. The number of aliphatic carboxylic acids is 1. The molecule has 0 radical (unpaired) electrons. The fraction of sp³-hybridized carbons (Fsp3) is 0.467. The van der Waals surface area contributed by atoms with Crippen LogP contribution in [0.5, 0.6) is 0 Å². The maximum atomic E-state index is 11.9. The first-order valence-electron chi connectivity index (χ1n) is 6.94. The van der Waals surface area contributed by atoms with Crippen LogP contribution in [-0.4, -0.2) is 30.1 Å². The van der Waals surface area contributed by atoms with Gasteiger partial charge in [-0.2, -0.15) is 0 Å². The molecule has 1 unspecified atom stereocenters. The monoisotopic (exact) mass is 276 g/mol. The van der Waals surface area contributed by atoms with Crippen molar-refractivity contribution in [3.05, 3.63) is 24.3 Å². The van der Waals surface area contributed by atoms with Crippen LogP contribution in [0.4, 0.5) is 11.4 Å². The second-order valence-corrected chi connectivity index (χ2v) is 5.20. The molecule has 0 aromatic heterocycles. The van der Waals surface area contributed by atoms with Gasteiger partial charge in [-0.3, -0.25) is 9.59 Å². The number of para-hydroxylation sites is 2. The van der Waals surface area contributed by atoms with E-state index in [9.17, 15) is 9.59 Å². The Bertz CT molecular complexity index is 502. The summed E-state index contributed by atoms with van der Waals surface area (Å²) in [6.07, 6.45) is 1.66. The van der Waals surface area contributed by atoms with Crippen LogP contribution in [0.25, 0.3) is 0 Å². The second-order valence-electron chi connectivity index (χ2n) is 5.20. The number of carboxylic acid groups (broad SMARTS) is 1. The maximum absolute atomic E-state index is 11.9. The summed E-state index contributed by atoms with van der Waals surface area (Å²) in [6.45, 7) is 3.34. The van der Waals surface area contributed by atoms with Crippen molar-refractivity contribution >= 4 is 23.3 Å². The van der Waals surface area contributed by atoms with E-state index in [1.54, 1.807) is 0 Å². The number of anilines is 2. The molecule has 5 nitrogen and oxygen atoms in total. The number of unbranched alkanes of at least 4 members (excludes halogenated alkanes) is 1. The lowest BCUT2D eigenvalue weighted by Gasteiger charge is -2.25. The van der Waals surface area contributed by atoms with Gasteiger partial charge in [0.15, 0.2) is 0 Å². The SMILES string of the molecule is CC1CN(CCCCC(=O)O)c2ccccc2NC1=O. The van der Waals surface area contributed by atoms with E-state index in [-0.39, 0.29) is 18.2 Å². The van der Waals surface area contributed by atoms with Gasteiger partial charge in [0.1, 0.15) is 0 Å². The average molecular weight is 276 g/mol. The van der Waals surface area contributed by atoms with Gasteiger partial charge in [0.25, 0.3) is 0 Å². The summed E-state index contributed by atoms with van der Waals surface area (Å²) in [5.74, 6) is -0.807. The highest BCUT2D eigenvalue weighted by atomic mass is 16.4. The van der Waals surface area contributed by atoms with Gasteiger partial charge >= 0.3 is 5.97 Å². The number of amides is 1. The Balaban J connectivity index is 2.06. The Kier molecular flexibility index (Phi) is 4.61. The van der Waals surface area contributed by atoms with Gasteiger partial charge in [-0.05, 0) is 25.0 Å². The first-order valence-corrected chi connectivity index (χ1v) is 6.94. The van der Waals surface area contributed by atoms with E-state index >= 15 is 0 Å². The third-order valence-electron chi connectivity index (χ3n) is 3.51. The zero-order valence-electron chi connectivity index (χ0n) is 11.6. The van der Waals surface area contributed by atoms with E-state index in [1.807, 2.05) is 31.2 Å². The zero-order valence-corrected chi connectivity index (χ0v) is 11.6. The standard InChI is InChI=1S/C15H20N2O3/c1-11-10-17(9-5-4-8-14(18)19)13-7-3-2-6-12(13)16-15(11)20/h2-3,6-7,11H,4-5,8-10H2,1H3,(H,16,20)(H,18,19). The van der Waals surface area contributed by atoms with Crippen molar-refractivity contribution in [2.45, 2.75) is 26.2 Å². The molecule has 0 bridgehead atoms. The van der Waals surface area contributed by atoms with E-state index in [1.165, 1.54) is 0 Å². The molecule has 1 aliphatic heterocycles. The van der Waals surface area contributed by atoms with E-state index < -0.39 is 5.97 Å². The predicted octanol–water partition coefficient (Wildman–Crippen LogP) is 2.34. The summed E-state index contributed by atoms with van der Waals surface area (Å²) >= 11 is 0. The molecule has 2 N–H and O–H groups in total. The highest BCUT2D eigenvalue weighted by Crippen LogP contribution is 2.29. The quantitative estimate of drug-likeness (QED) is 0.810. The van der Waals surface area contributed by atoms with Gasteiger partial charge in [-0.15, -0.1) is 0 Å². The molecular weight excluding hydrogens is 256 g/mol. The molecule has 1 aliphatic rings. The smallest absolute Gasteiger partial charge is 0.303 e. The number of fused-ring (bicyclic) bond motifs is 1. The van der Waals surface area contributed by atoms with Crippen molar-refractivity contribution in [3.63, 3.8) is 0 Å². The Morgan fingerprint density at radius 1 is 1.40 bits per heavy atom. The fourth-order valence-corrected chi connectivity index (χ4v) is 2.41. The van der Waals surface area contributed by atoms with Crippen molar-refractivity contribution in [1.82, 2.24) is 0 Å². The Hall–Kier alpha value is -2.04. The molecule has 2 rings (SSSR count). The molecule has 0 saturated carbocycles. The van der Waals surface area contributed by atoms with Gasteiger partial charge in [-0.25, -0.2) is 0 Å². The van der Waals surface area contributed by atoms with Gasteiger partial charge in [0.2, 0.25) is 5.91 Å². The Morgan fingerprint density at radius 2 is 2.15 bits per heavy atom. The minimum Gasteiger partial charge on any atom is -0.481 e. The molecule has 1 aromatic rings. The number of carbonyl (C=O) groups excluding carboxylic acids is 1. The molecule has 1 heterocycles. The van der Waals surface area contributed by atoms with E-state index in [0.29, 0.717) is 13.0 Å². The number of nitrogens with one attached hydrogen (secondary N) is 1. The third-order valence-corrected chi connectivity index (χ3v) is 3.51. The third kappa shape index (κ3) is 3.50. The first kappa shape index (κ1) is 14.4. The lowest BCUT2D eigenvalue weighted by Crippen LogP contribution is -2.31. The van der Waals surface area contributed by atoms with Gasteiger partial charge < -0.3 is 15.3 Å². The topological polar surface area (TPSA) is 69.6 Å². The summed E-state index contributed by atoms with van der Waals surface area (Å²) in [6, 6.07) is 7.74. The van der Waals surface area contributed by atoms with Crippen LogP contribution < -0.4 is 10.2 Å². The average Bonchev–Trinajstić information content (AvgIpc) is 2.53. The number of carbonyl (C=O) groups is 2. The first-order chi connectivity index (χ1) is 9.58. The summed E-state index contributed by atoms with van der Waals surface area (Å²) in [7, 11) is 0. The highest BCUT2D eigenvalue weighted by molar-refractivity contribution is 5.97. The Labute approximate surface area is 118 Å². The van der Waals surface area contributed by atoms with Crippen LogP contribution in [0.3, 0.4) is 0 Å². The molecule has 20 heavy (non-hydrogen) atoms. The van der Waals surface area contributed by atoms with Crippen molar-refractivity contribution in [3.8, 4) is 0 Å². The summed E-state index contributed by atoms with van der Waals surface area (Å²) in [5.41, 5.74) is 1.85. The van der Waals surface area contributed by atoms with Gasteiger partial charge in [0.05, 0.1) is 17.3 Å². The van der Waals surface area contributed by atoms with Crippen LogP contribution in [0.2, 0.25) is 0 Å². The van der Waals surface area contributed by atoms with Gasteiger partial charge in [0, 0.05) is 19.5 Å². The molecule has 5 heteroatoms. The molecule has 0 aliphatic carbocycles. The van der Waals surface area contributed by atoms with Crippen LogP contribution in [0.1, 0.15) is 26.2 Å². The normalized spacial score (nSPS) is 18.1. The van der Waals surface area contributed by atoms with Crippen LogP contribution in [0, 0.1) is 5.92 Å². The maximum Gasteiger partial charge on any atom is 0.303 e. The van der Waals surface area contributed by atoms with Crippen LogP contribution in [0.15, 0.2) is 24.3 Å². The predicted molar refractivity (Wildman–Crippen MR) is 77.9 cm³/mol. The molecule has 0 spiro atoms. The summed E-state index contributed by atoms with van der Waals surface area (Å²) in [5, 5.41) is 11.6. The van der Waals surface area contributed by atoms with E-state index in [0.717, 1.165) is 24.3 Å². The number of rotatable bonds is 5. The van der Waals surface area contributed by atoms with Crippen molar-refractivity contribution < 1.29 is 14.7 Å². The molecule has 1 amide bonds. The van der Waals surface area contributed by atoms with Crippen LogP contribution in [-0.2, 0) is 9.59 Å². The minimum atomic E-state index is -0.758. The molecule has 1 atom stereocenters. The lowest BCUT2D eigenvalue weighted by atomic mass is 10.1. The lowest BCUT2D eigenvalue weighted by molar-refractivity contribution is -0.137. The van der Waals surface area contributed by atoms with E-state index in [4.69, 9.17) is 5.11 Å². The highest BCUT2D eigenvalue weighted by Gasteiger charge is 2.24. The Morgan fingerprint density at radius 3 is 2.90 bits per heavy atom. The van der Waals surface area contributed by atoms with Crippen molar-refractivity contribution in [2.24, 2.45) is 5.92 Å². The number of nitrogens with zero attached hydrogens (tertiary/aromatic N) is 1. The molecule has 108 valence electrons. The largest absolute Gasteiger partial charge is 0.481 e. The van der Waals surface area contributed by atoms with E-state index in [2.05, 4.69) is 10.2 Å². The molecule has 1 aromatic carbocycles. The minimum absolute atomic E-state index is 0.0329. The second kappa shape index (κ2) is 6.41. The summed E-state index contributed by atoms with van der Waals surface area (Å²) < 4.78 is 0. The number of hydrogen-bond donors (Lipinski definition) is 2. The molecule has 0 saturated heterocycles. The molecule has 0 fully saturated rings. The van der Waals surface area contributed by atoms with Crippen molar-refractivity contribution in [2.75, 3.05) is 23.3 Å². The fourth-order valence-electron chi connectivity index (χ4n) is 2.41. The molecular formula is C15H20N2O3. The van der Waals surface area contributed by atoms with Crippen molar-refractivity contribution in [1.29, 1.82) is 0 Å².